The molecule has 0 saturated carbocycles. The van der Waals surface area contributed by atoms with Crippen LogP contribution in [0, 0.1) is 11.6 Å². The van der Waals surface area contributed by atoms with E-state index < -0.39 is 23.4 Å². The SMILES string of the molecule is C=CC[C@@H](N)c1cc(Br)c(F)c(F)c1O.Cl. The topological polar surface area (TPSA) is 46.2 Å². The summed E-state index contributed by atoms with van der Waals surface area (Å²) in [5.74, 6) is -3.16. The summed E-state index contributed by atoms with van der Waals surface area (Å²) in [6.07, 6.45) is 1.91. The van der Waals surface area contributed by atoms with E-state index >= 15 is 0 Å². The van der Waals surface area contributed by atoms with Gasteiger partial charge in [0.2, 0.25) is 5.82 Å². The lowest BCUT2D eigenvalue weighted by atomic mass is 10.0. The highest BCUT2D eigenvalue weighted by Gasteiger charge is 2.19. The van der Waals surface area contributed by atoms with Crippen molar-refractivity contribution in [1.29, 1.82) is 0 Å². The number of hydrogen-bond donors (Lipinski definition) is 2. The highest BCUT2D eigenvalue weighted by molar-refractivity contribution is 9.10. The first-order valence-electron chi connectivity index (χ1n) is 4.21. The molecule has 0 radical (unpaired) electrons. The smallest absolute Gasteiger partial charge is 0.201 e. The molecule has 1 aromatic carbocycles. The summed E-state index contributed by atoms with van der Waals surface area (Å²) < 4.78 is 26.0. The number of nitrogens with two attached hydrogens (primary N) is 1. The first-order chi connectivity index (χ1) is 6.99. The fourth-order valence-electron chi connectivity index (χ4n) is 1.19. The number of benzene rings is 1. The third-order valence-corrected chi connectivity index (χ3v) is 2.56. The van der Waals surface area contributed by atoms with Crippen LogP contribution in [0.3, 0.4) is 0 Å². The second-order valence-electron chi connectivity index (χ2n) is 3.06. The molecular formula is C10H11BrClF2NO. The summed E-state index contributed by atoms with van der Waals surface area (Å²) in [5, 5.41) is 9.35. The van der Waals surface area contributed by atoms with Gasteiger partial charge in [-0.3, -0.25) is 0 Å². The molecule has 0 aliphatic carbocycles. The van der Waals surface area contributed by atoms with Crippen molar-refractivity contribution in [2.75, 3.05) is 0 Å². The predicted molar refractivity (Wildman–Crippen MR) is 64.7 cm³/mol. The van der Waals surface area contributed by atoms with Gasteiger partial charge >= 0.3 is 0 Å². The molecule has 16 heavy (non-hydrogen) atoms. The van der Waals surface area contributed by atoms with Crippen LogP contribution in [0.15, 0.2) is 23.2 Å². The Balaban J connectivity index is 0.00000225. The molecule has 6 heteroatoms. The summed E-state index contributed by atoms with van der Waals surface area (Å²) in [6.45, 7) is 3.48. The van der Waals surface area contributed by atoms with Crippen LogP contribution < -0.4 is 5.73 Å². The predicted octanol–water partition coefficient (Wildman–Crippen LogP) is 3.43. The molecule has 1 atom stereocenters. The summed E-state index contributed by atoms with van der Waals surface area (Å²) in [5.41, 5.74) is 5.81. The largest absolute Gasteiger partial charge is 0.505 e. The number of phenols is 1. The van der Waals surface area contributed by atoms with Crippen LogP contribution in [0.5, 0.6) is 5.75 Å². The van der Waals surface area contributed by atoms with Crippen LogP contribution in [0.25, 0.3) is 0 Å². The van der Waals surface area contributed by atoms with Gasteiger partial charge in [-0.05, 0) is 28.4 Å². The Morgan fingerprint density at radius 1 is 1.50 bits per heavy atom. The van der Waals surface area contributed by atoms with Gasteiger partial charge in [0.25, 0.3) is 0 Å². The van der Waals surface area contributed by atoms with Crippen molar-refractivity contribution in [3.05, 3.63) is 40.4 Å². The molecule has 0 bridgehead atoms. The summed E-state index contributed by atoms with van der Waals surface area (Å²) in [6, 6.07) is 0.663. The Morgan fingerprint density at radius 2 is 2.06 bits per heavy atom. The van der Waals surface area contributed by atoms with Crippen LogP contribution in [-0.2, 0) is 0 Å². The molecule has 2 nitrogen and oxygen atoms in total. The van der Waals surface area contributed by atoms with Crippen molar-refractivity contribution in [1.82, 2.24) is 0 Å². The molecule has 0 heterocycles. The molecule has 0 aromatic heterocycles. The molecular weight excluding hydrogens is 303 g/mol. The lowest BCUT2D eigenvalue weighted by molar-refractivity contribution is 0.395. The molecule has 0 spiro atoms. The lowest BCUT2D eigenvalue weighted by Crippen LogP contribution is -2.10. The maximum absolute atomic E-state index is 13.1. The molecule has 3 N–H and O–H groups in total. The van der Waals surface area contributed by atoms with Gasteiger partial charge in [0.1, 0.15) is 0 Å². The molecule has 0 amide bonds. The Bertz CT molecular complexity index is 401. The van der Waals surface area contributed by atoms with Crippen molar-refractivity contribution >= 4 is 28.3 Å². The Morgan fingerprint density at radius 3 is 2.56 bits per heavy atom. The molecule has 0 unspecified atom stereocenters. The van der Waals surface area contributed by atoms with Gasteiger partial charge < -0.3 is 10.8 Å². The maximum atomic E-state index is 13.1. The zero-order valence-electron chi connectivity index (χ0n) is 8.21. The minimum absolute atomic E-state index is 0. The third-order valence-electron chi connectivity index (χ3n) is 1.99. The first kappa shape index (κ1) is 15.3. The minimum Gasteiger partial charge on any atom is -0.505 e. The Hall–Kier alpha value is -0.650. The molecule has 1 rings (SSSR count). The van der Waals surface area contributed by atoms with Crippen LogP contribution in [0.4, 0.5) is 8.78 Å². The van der Waals surface area contributed by atoms with E-state index in [-0.39, 0.29) is 22.4 Å². The highest BCUT2D eigenvalue weighted by atomic mass is 79.9. The van der Waals surface area contributed by atoms with Crippen molar-refractivity contribution in [3.8, 4) is 5.75 Å². The van der Waals surface area contributed by atoms with Crippen molar-refractivity contribution < 1.29 is 13.9 Å². The minimum atomic E-state index is -1.29. The second kappa shape index (κ2) is 6.18. The normalized spacial score (nSPS) is 11.8. The van der Waals surface area contributed by atoms with Crippen molar-refractivity contribution in [3.63, 3.8) is 0 Å². The van der Waals surface area contributed by atoms with E-state index in [1.165, 1.54) is 6.07 Å². The average Bonchev–Trinajstić information content (AvgIpc) is 2.20. The van der Waals surface area contributed by atoms with E-state index in [1.807, 2.05) is 0 Å². The van der Waals surface area contributed by atoms with Gasteiger partial charge in [-0.2, -0.15) is 4.39 Å². The standard InChI is InChI=1S/C10H10BrF2NO.ClH/c1-2-3-7(14)5-4-6(11)8(12)9(13)10(5)15;/h2,4,7,15H,1,3,14H2;1H/t7-;/m1./s1. The molecule has 90 valence electrons. The number of phenolic OH excluding ortho intramolecular Hbond substituents is 1. The Labute approximate surface area is 107 Å². The summed E-state index contributed by atoms with van der Waals surface area (Å²) in [7, 11) is 0. The number of aromatic hydroxyl groups is 1. The van der Waals surface area contributed by atoms with Crippen LogP contribution in [-0.4, -0.2) is 5.11 Å². The average molecular weight is 315 g/mol. The number of hydrogen-bond acceptors (Lipinski definition) is 2. The fraction of sp³-hybridized carbons (Fsp3) is 0.200. The maximum Gasteiger partial charge on any atom is 0.201 e. The first-order valence-corrected chi connectivity index (χ1v) is 5.01. The van der Waals surface area contributed by atoms with E-state index in [0.29, 0.717) is 6.42 Å². The summed E-state index contributed by atoms with van der Waals surface area (Å²) in [4.78, 5) is 0. The second-order valence-corrected chi connectivity index (χ2v) is 3.91. The third kappa shape index (κ3) is 2.93. The van der Waals surface area contributed by atoms with E-state index in [4.69, 9.17) is 5.73 Å². The molecule has 0 aliphatic rings. The van der Waals surface area contributed by atoms with Crippen molar-refractivity contribution in [2.45, 2.75) is 12.5 Å². The zero-order valence-corrected chi connectivity index (χ0v) is 10.6. The summed E-state index contributed by atoms with van der Waals surface area (Å²) >= 11 is 2.84. The van der Waals surface area contributed by atoms with Crippen LogP contribution >= 0.6 is 28.3 Å². The van der Waals surface area contributed by atoms with Gasteiger partial charge in [-0.15, -0.1) is 19.0 Å². The van der Waals surface area contributed by atoms with Gasteiger partial charge in [0.05, 0.1) is 4.47 Å². The van der Waals surface area contributed by atoms with E-state index in [2.05, 4.69) is 22.5 Å². The van der Waals surface area contributed by atoms with Crippen LogP contribution in [0.2, 0.25) is 0 Å². The molecule has 1 aromatic rings. The van der Waals surface area contributed by atoms with Gasteiger partial charge in [-0.1, -0.05) is 6.08 Å². The molecule has 0 saturated heterocycles. The quantitative estimate of drug-likeness (QED) is 0.663. The highest BCUT2D eigenvalue weighted by Crippen LogP contribution is 2.33. The Kier molecular flexibility index (Phi) is 5.92. The van der Waals surface area contributed by atoms with Gasteiger partial charge in [0.15, 0.2) is 11.6 Å². The number of rotatable bonds is 3. The van der Waals surface area contributed by atoms with Gasteiger partial charge in [0, 0.05) is 11.6 Å². The van der Waals surface area contributed by atoms with E-state index in [0.717, 1.165) is 0 Å². The van der Waals surface area contributed by atoms with Crippen molar-refractivity contribution in [2.24, 2.45) is 5.73 Å². The van der Waals surface area contributed by atoms with E-state index in [1.54, 1.807) is 6.08 Å². The zero-order chi connectivity index (χ0) is 11.6. The monoisotopic (exact) mass is 313 g/mol. The fourth-order valence-corrected chi connectivity index (χ4v) is 1.61. The molecule has 0 fully saturated rings. The number of halogens is 4. The van der Waals surface area contributed by atoms with Crippen LogP contribution in [0.1, 0.15) is 18.0 Å². The van der Waals surface area contributed by atoms with Gasteiger partial charge in [-0.25, -0.2) is 4.39 Å². The lowest BCUT2D eigenvalue weighted by Gasteiger charge is -2.13. The van der Waals surface area contributed by atoms with E-state index in [9.17, 15) is 13.9 Å². The molecule has 0 aliphatic heterocycles.